The lowest BCUT2D eigenvalue weighted by atomic mass is 10.1. The van der Waals surface area contributed by atoms with E-state index in [2.05, 4.69) is 78.2 Å². The standard InChI is InChI=1S/C19H23N3/c1-21(2)15-19-20-17-12-6-7-13-18(17)22(19)14-8-11-16-9-4-3-5-10-16/h3-7,9-10,12-13H,8,11,14-15H2,1-2H3. The minimum absolute atomic E-state index is 0.875. The molecule has 0 unspecified atom stereocenters. The van der Waals surface area contributed by atoms with Gasteiger partial charge in [0, 0.05) is 6.54 Å². The maximum Gasteiger partial charge on any atom is 0.124 e. The zero-order valence-electron chi connectivity index (χ0n) is 13.4. The summed E-state index contributed by atoms with van der Waals surface area (Å²) in [5.74, 6) is 1.15. The highest BCUT2D eigenvalue weighted by molar-refractivity contribution is 5.75. The number of benzene rings is 2. The lowest BCUT2D eigenvalue weighted by Crippen LogP contribution is -2.16. The molecule has 3 heteroatoms. The minimum Gasteiger partial charge on any atom is -0.327 e. The van der Waals surface area contributed by atoms with E-state index in [-0.39, 0.29) is 0 Å². The van der Waals surface area contributed by atoms with Crippen molar-refractivity contribution in [3.05, 3.63) is 66.0 Å². The summed E-state index contributed by atoms with van der Waals surface area (Å²) in [6, 6.07) is 19.1. The molecule has 0 aliphatic rings. The van der Waals surface area contributed by atoms with Gasteiger partial charge in [0.1, 0.15) is 5.82 Å². The van der Waals surface area contributed by atoms with Crippen LogP contribution < -0.4 is 0 Å². The van der Waals surface area contributed by atoms with Crippen molar-refractivity contribution in [2.45, 2.75) is 25.9 Å². The molecule has 0 saturated heterocycles. The lowest BCUT2D eigenvalue weighted by molar-refractivity contribution is 0.381. The average Bonchev–Trinajstić information content (AvgIpc) is 2.85. The predicted molar refractivity (Wildman–Crippen MR) is 91.9 cm³/mol. The summed E-state index contributed by atoms with van der Waals surface area (Å²) < 4.78 is 2.37. The van der Waals surface area contributed by atoms with E-state index in [1.54, 1.807) is 0 Å². The second kappa shape index (κ2) is 6.75. The van der Waals surface area contributed by atoms with Crippen molar-refractivity contribution < 1.29 is 0 Å². The van der Waals surface area contributed by atoms with E-state index in [1.165, 1.54) is 11.1 Å². The van der Waals surface area contributed by atoms with Crippen molar-refractivity contribution in [3.8, 4) is 0 Å². The van der Waals surface area contributed by atoms with E-state index in [4.69, 9.17) is 4.98 Å². The molecule has 3 nitrogen and oxygen atoms in total. The minimum atomic E-state index is 0.875. The number of hydrogen-bond acceptors (Lipinski definition) is 2. The monoisotopic (exact) mass is 293 g/mol. The Hall–Kier alpha value is -2.13. The number of aryl methyl sites for hydroxylation is 2. The van der Waals surface area contributed by atoms with Gasteiger partial charge in [-0.25, -0.2) is 4.98 Å². The fourth-order valence-corrected chi connectivity index (χ4v) is 2.86. The summed E-state index contributed by atoms with van der Waals surface area (Å²) in [5.41, 5.74) is 3.74. The normalized spacial score (nSPS) is 11.4. The van der Waals surface area contributed by atoms with Crippen LogP contribution in [0.1, 0.15) is 17.8 Å². The van der Waals surface area contributed by atoms with E-state index < -0.39 is 0 Å². The van der Waals surface area contributed by atoms with Gasteiger partial charge < -0.3 is 9.47 Å². The Morgan fingerprint density at radius 2 is 1.68 bits per heavy atom. The molecule has 0 atom stereocenters. The highest BCUT2D eigenvalue weighted by Crippen LogP contribution is 2.18. The van der Waals surface area contributed by atoms with Crippen LogP contribution in [0, 0.1) is 0 Å². The van der Waals surface area contributed by atoms with Crippen LogP contribution in [0.5, 0.6) is 0 Å². The van der Waals surface area contributed by atoms with Gasteiger partial charge in [0.05, 0.1) is 17.6 Å². The van der Waals surface area contributed by atoms with E-state index in [9.17, 15) is 0 Å². The van der Waals surface area contributed by atoms with Gasteiger partial charge in [-0.05, 0) is 44.6 Å². The Bertz CT molecular complexity index is 729. The van der Waals surface area contributed by atoms with Gasteiger partial charge in [-0.1, -0.05) is 42.5 Å². The molecule has 1 heterocycles. The van der Waals surface area contributed by atoms with Crippen LogP contribution in [0.15, 0.2) is 54.6 Å². The first-order valence-electron chi connectivity index (χ1n) is 7.87. The van der Waals surface area contributed by atoms with Crippen LogP contribution in [0.25, 0.3) is 11.0 Å². The summed E-state index contributed by atoms with van der Waals surface area (Å²) >= 11 is 0. The Morgan fingerprint density at radius 3 is 2.45 bits per heavy atom. The molecule has 0 fully saturated rings. The van der Waals surface area contributed by atoms with Crippen LogP contribution in [0.2, 0.25) is 0 Å². The molecule has 2 aromatic carbocycles. The van der Waals surface area contributed by atoms with Crippen LogP contribution >= 0.6 is 0 Å². The van der Waals surface area contributed by atoms with Gasteiger partial charge in [0.2, 0.25) is 0 Å². The number of fused-ring (bicyclic) bond motifs is 1. The smallest absolute Gasteiger partial charge is 0.124 e. The zero-order chi connectivity index (χ0) is 15.4. The molecular formula is C19H23N3. The highest BCUT2D eigenvalue weighted by atomic mass is 15.2. The number of hydrogen-bond donors (Lipinski definition) is 0. The molecule has 0 saturated carbocycles. The van der Waals surface area contributed by atoms with Crippen molar-refractivity contribution in [2.75, 3.05) is 14.1 Å². The van der Waals surface area contributed by atoms with Gasteiger partial charge in [0.15, 0.2) is 0 Å². The third-order valence-electron chi connectivity index (χ3n) is 3.88. The molecular weight excluding hydrogens is 270 g/mol. The molecule has 22 heavy (non-hydrogen) atoms. The highest BCUT2D eigenvalue weighted by Gasteiger charge is 2.10. The predicted octanol–water partition coefficient (Wildman–Crippen LogP) is 3.73. The Labute approximate surface area is 132 Å². The topological polar surface area (TPSA) is 21.1 Å². The van der Waals surface area contributed by atoms with Crippen LogP contribution in [0.3, 0.4) is 0 Å². The van der Waals surface area contributed by atoms with E-state index in [1.807, 2.05) is 0 Å². The fourth-order valence-electron chi connectivity index (χ4n) is 2.86. The molecule has 0 aliphatic heterocycles. The van der Waals surface area contributed by atoms with E-state index in [0.29, 0.717) is 0 Å². The molecule has 0 N–H and O–H groups in total. The first kappa shape index (κ1) is 14.8. The molecule has 0 bridgehead atoms. The number of para-hydroxylation sites is 2. The SMILES string of the molecule is CN(C)Cc1nc2ccccc2n1CCCc1ccccc1. The van der Waals surface area contributed by atoms with Gasteiger partial charge in [-0.3, -0.25) is 0 Å². The van der Waals surface area contributed by atoms with Gasteiger partial charge in [0.25, 0.3) is 0 Å². The van der Waals surface area contributed by atoms with Crippen molar-refractivity contribution in [3.63, 3.8) is 0 Å². The first-order chi connectivity index (χ1) is 10.7. The Morgan fingerprint density at radius 1 is 0.955 bits per heavy atom. The summed E-state index contributed by atoms with van der Waals surface area (Å²) in [4.78, 5) is 6.98. The average molecular weight is 293 g/mol. The summed E-state index contributed by atoms with van der Waals surface area (Å²) in [7, 11) is 4.18. The molecule has 1 aromatic heterocycles. The molecule has 3 rings (SSSR count). The van der Waals surface area contributed by atoms with Gasteiger partial charge in [-0.2, -0.15) is 0 Å². The number of nitrogens with zero attached hydrogens (tertiary/aromatic N) is 3. The van der Waals surface area contributed by atoms with Crippen molar-refractivity contribution in [2.24, 2.45) is 0 Å². The second-order valence-electron chi connectivity index (χ2n) is 6.00. The summed E-state index contributed by atoms with van der Waals surface area (Å²) in [5, 5.41) is 0. The van der Waals surface area contributed by atoms with Crippen molar-refractivity contribution in [1.29, 1.82) is 0 Å². The molecule has 0 spiro atoms. The Kier molecular flexibility index (Phi) is 4.54. The largest absolute Gasteiger partial charge is 0.327 e. The van der Waals surface area contributed by atoms with Crippen LogP contribution in [-0.2, 0) is 19.5 Å². The molecule has 0 amide bonds. The van der Waals surface area contributed by atoms with Gasteiger partial charge in [-0.15, -0.1) is 0 Å². The maximum atomic E-state index is 4.80. The van der Waals surface area contributed by atoms with Crippen LogP contribution in [-0.4, -0.2) is 28.5 Å². The first-order valence-corrected chi connectivity index (χ1v) is 7.87. The number of rotatable bonds is 6. The quantitative estimate of drug-likeness (QED) is 0.690. The number of aromatic nitrogens is 2. The third-order valence-corrected chi connectivity index (χ3v) is 3.88. The summed E-state index contributed by atoms with van der Waals surface area (Å²) in [6.07, 6.45) is 2.24. The maximum absolute atomic E-state index is 4.80. The molecule has 114 valence electrons. The van der Waals surface area contributed by atoms with Crippen molar-refractivity contribution in [1.82, 2.24) is 14.5 Å². The second-order valence-corrected chi connectivity index (χ2v) is 6.00. The molecule has 0 aliphatic carbocycles. The molecule has 3 aromatic rings. The van der Waals surface area contributed by atoms with Gasteiger partial charge >= 0.3 is 0 Å². The zero-order valence-corrected chi connectivity index (χ0v) is 13.4. The van der Waals surface area contributed by atoms with Crippen LogP contribution in [0.4, 0.5) is 0 Å². The Balaban J connectivity index is 1.79. The molecule has 0 radical (unpaired) electrons. The number of imidazole rings is 1. The third kappa shape index (κ3) is 3.37. The summed E-state index contributed by atoms with van der Waals surface area (Å²) in [6.45, 7) is 1.89. The van der Waals surface area contributed by atoms with E-state index >= 15 is 0 Å². The lowest BCUT2D eigenvalue weighted by Gasteiger charge is -2.13. The van der Waals surface area contributed by atoms with E-state index in [0.717, 1.165) is 37.3 Å². The fraction of sp³-hybridized carbons (Fsp3) is 0.316. The van der Waals surface area contributed by atoms with Crippen molar-refractivity contribution >= 4 is 11.0 Å².